The first-order valence-electron chi connectivity index (χ1n) is 6.83. The third-order valence-electron chi connectivity index (χ3n) is 3.39. The van der Waals surface area contributed by atoms with Crippen molar-refractivity contribution < 1.29 is 5.11 Å². The Labute approximate surface area is 117 Å². The minimum atomic E-state index is -0.744. The van der Waals surface area contributed by atoms with Crippen LogP contribution >= 0.6 is 0 Å². The highest BCUT2D eigenvalue weighted by Gasteiger charge is 2.16. The van der Waals surface area contributed by atoms with Gasteiger partial charge in [0.15, 0.2) is 0 Å². The molecule has 4 heteroatoms. The third kappa shape index (κ3) is 2.30. The molecule has 1 aromatic carbocycles. The molecule has 3 aromatic rings. The minimum Gasteiger partial charge on any atom is -0.382 e. The Hall–Kier alpha value is -2.20. The van der Waals surface area contributed by atoms with Crippen molar-refractivity contribution in [1.82, 2.24) is 14.8 Å². The van der Waals surface area contributed by atoms with Gasteiger partial charge in [-0.25, -0.2) is 0 Å². The lowest BCUT2D eigenvalue weighted by atomic mass is 10.0. The molecule has 0 aliphatic rings. The van der Waals surface area contributed by atoms with Crippen LogP contribution in [0.25, 0.3) is 10.8 Å². The molecule has 0 aliphatic carbocycles. The maximum absolute atomic E-state index is 10.6. The number of aliphatic hydroxyl groups excluding tert-OH is 1. The van der Waals surface area contributed by atoms with Crippen molar-refractivity contribution in [2.75, 3.05) is 0 Å². The van der Waals surface area contributed by atoms with Crippen LogP contribution in [-0.4, -0.2) is 19.9 Å². The SMILES string of the molecule is CCCn1cc(C(O)c2nccc3ccccc23)cn1. The summed E-state index contributed by atoms with van der Waals surface area (Å²) < 4.78 is 1.85. The highest BCUT2D eigenvalue weighted by molar-refractivity contribution is 5.84. The summed E-state index contributed by atoms with van der Waals surface area (Å²) in [5.74, 6) is 0. The molecular formula is C16H17N3O. The molecule has 1 N–H and O–H groups in total. The number of nitrogens with zero attached hydrogens (tertiary/aromatic N) is 3. The molecule has 0 fully saturated rings. The Morgan fingerprint density at radius 2 is 2.10 bits per heavy atom. The molecule has 2 aromatic heterocycles. The predicted molar refractivity (Wildman–Crippen MR) is 78.3 cm³/mol. The van der Waals surface area contributed by atoms with E-state index in [1.165, 1.54) is 0 Å². The number of aliphatic hydroxyl groups is 1. The quantitative estimate of drug-likeness (QED) is 0.790. The summed E-state index contributed by atoms with van der Waals surface area (Å²) >= 11 is 0. The number of fused-ring (bicyclic) bond motifs is 1. The topological polar surface area (TPSA) is 50.9 Å². The lowest BCUT2D eigenvalue weighted by Gasteiger charge is -2.10. The predicted octanol–water partition coefficient (Wildman–Crippen LogP) is 2.92. The van der Waals surface area contributed by atoms with E-state index in [2.05, 4.69) is 17.0 Å². The van der Waals surface area contributed by atoms with E-state index in [1.807, 2.05) is 41.2 Å². The Bertz CT molecular complexity index is 715. The van der Waals surface area contributed by atoms with Gasteiger partial charge in [0.05, 0.1) is 11.9 Å². The standard InChI is InChI=1S/C16H17N3O/c1-2-9-19-11-13(10-18-19)16(20)15-14-6-4-3-5-12(14)7-8-17-15/h3-8,10-11,16,20H,2,9H2,1H3. The van der Waals surface area contributed by atoms with Gasteiger partial charge in [0.2, 0.25) is 0 Å². The molecule has 0 spiro atoms. The maximum Gasteiger partial charge on any atom is 0.125 e. The van der Waals surface area contributed by atoms with Gasteiger partial charge in [-0.3, -0.25) is 9.67 Å². The molecule has 0 aliphatic heterocycles. The zero-order valence-electron chi connectivity index (χ0n) is 11.4. The molecule has 0 radical (unpaired) electrons. The van der Waals surface area contributed by atoms with Crippen molar-refractivity contribution in [3.8, 4) is 0 Å². The number of hydrogen-bond donors (Lipinski definition) is 1. The van der Waals surface area contributed by atoms with Gasteiger partial charge in [0.1, 0.15) is 6.10 Å². The number of pyridine rings is 1. The largest absolute Gasteiger partial charge is 0.382 e. The zero-order chi connectivity index (χ0) is 13.9. The van der Waals surface area contributed by atoms with E-state index in [1.54, 1.807) is 12.4 Å². The van der Waals surface area contributed by atoms with Crippen molar-refractivity contribution in [2.45, 2.75) is 26.0 Å². The molecule has 1 atom stereocenters. The number of aryl methyl sites for hydroxylation is 1. The highest BCUT2D eigenvalue weighted by Crippen LogP contribution is 2.26. The van der Waals surface area contributed by atoms with Crippen molar-refractivity contribution in [3.05, 3.63) is 60.2 Å². The summed E-state index contributed by atoms with van der Waals surface area (Å²) in [5, 5.41) is 16.9. The van der Waals surface area contributed by atoms with Gasteiger partial charge in [-0.2, -0.15) is 5.10 Å². The molecule has 0 amide bonds. The lowest BCUT2D eigenvalue weighted by molar-refractivity contribution is 0.217. The minimum absolute atomic E-state index is 0.680. The van der Waals surface area contributed by atoms with Gasteiger partial charge >= 0.3 is 0 Å². The van der Waals surface area contributed by atoms with Crippen molar-refractivity contribution in [1.29, 1.82) is 0 Å². The second kappa shape index (κ2) is 5.43. The Kier molecular flexibility index (Phi) is 3.48. The normalized spacial score (nSPS) is 12.7. The van der Waals surface area contributed by atoms with Gasteiger partial charge in [0, 0.05) is 29.9 Å². The van der Waals surface area contributed by atoms with Crippen molar-refractivity contribution in [3.63, 3.8) is 0 Å². The second-order valence-corrected chi connectivity index (χ2v) is 4.86. The molecule has 0 bridgehead atoms. The van der Waals surface area contributed by atoms with E-state index in [4.69, 9.17) is 0 Å². The first-order valence-corrected chi connectivity index (χ1v) is 6.83. The van der Waals surface area contributed by atoms with Crippen LogP contribution in [-0.2, 0) is 6.54 Å². The van der Waals surface area contributed by atoms with Crippen LogP contribution < -0.4 is 0 Å². The molecule has 4 nitrogen and oxygen atoms in total. The average Bonchev–Trinajstić information content (AvgIpc) is 2.95. The van der Waals surface area contributed by atoms with E-state index in [-0.39, 0.29) is 0 Å². The Balaban J connectivity index is 2.01. The molecule has 20 heavy (non-hydrogen) atoms. The van der Waals surface area contributed by atoms with Gasteiger partial charge in [0.25, 0.3) is 0 Å². The van der Waals surface area contributed by atoms with Crippen LogP contribution in [0.1, 0.15) is 30.7 Å². The molecule has 1 unspecified atom stereocenters. The molecule has 102 valence electrons. The monoisotopic (exact) mass is 267 g/mol. The van der Waals surface area contributed by atoms with E-state index in [0.29, 0.717) is 5.69 Å². The summed E-state index contributed by atoms with van der Waals surface area (Å²) in [5.41, 5.74) is 1.46. The number of rotatable bonds is 4. The maximum atomic E-state index is 10.6. The molecule has 2 heterocycles. The summed E-state index contributed by atoms with van der Waals surface area (Å²) in [7, 11) is 0. The Morgan fingerprint density at radius 3 is 2.95 bits per heavy atom. The van der Waals surface area contributed by atoms with E-state index in [0.717, 1.165) is 29.3 Å². The fourth-order valence-corrected chi connectivity index (χ4v) is 2.39. The summed E-state index contributed by atoms with van der Waals surface area (Å²) in [6.45, 7) is 2.96. The third-order valence-corrected chi connectivity index (χ3v) is 3.39. The summed E-state index contributed by atoms with van der Waals surface area (Å²) in [6, 6.07) is 9.90. The smallest absolute Gasteiger partial charge is 0.125 e. The first-order chi connectivity index (χ1) is 9.79. The summed E-state index contributed by atoms with van der Waals surface area (Å²) in [6.07, 6.45) is 5.61. The zero-order valence-corrected chi connectivity index (χ0v) is 11.4. The van der Waals surface area contributed by atoms with E-state index in [9.17, 15) is 5.11 Å². The molecule has 0 saturated heterocycles. The van der Waals surface area contributed by atoms with Crippen molar-refractivity contribution in [2.24, 2.45) is 0 Å². The van der Waals surface area contributed by atoms with Gasteiger partial charge in [-0.05, 0) is 17.9 Å². The van der Waals surface area contributed by atoms with Crippen LogP contribution in [0.4, 0.5) is 0 Å². The lowest BCUT2D eigenvalue weighted by Crippen LogP contribution is -2.02. The average molecular weight is 267 g/mol. The number of aromatic nitrogens is 3. The van der Waals surface area contributed by atoms with Crippen LogP contribution in [0.5, 0.6) is 0 Å². The van der Waals surface area contributed by atoms with Crippen LogP contribution in [0.3, 0.4) is 0 Å². The van der Waals surface area contributed by atoms with Gasteiger partial charge in [-0.1, -0.05) is 31.2 Å². The van der Waals surface area contributed by atoms with Crippen LogP contribution in [0.2, 0.25) is 0 Å². The molecular weight excluding hydrogens is 250 g/mol. The fourth-order valence-electron chi connectivity index (χ4n) is 2.39. The molecule has 0 saturated carbocycles. The van der Waals surface area contributed by atoms with E-state index < -0.39 is 6.10 Å². The Morgan fingerprint density at radius 1 is 1.25 bits per heavy atom. The van der Waals surface area contributed by atoms with Crippen LogP contribution in [0.15, 0.2) is 48.9 Å². The van der Waals surface area contributed by atoms with Crippen molar-refractivity contribution >= 4 is 10.8 Å². The second-order valence-electron chi connectivity index (χ2n) is 4.86. The van der Waals surface area contributed by atoms with E-state index >= 15 is 0 Å². The van der Waals surface area contributed by atoms with Gasteiger partial charge < -0.3 is 5.11 Å². The molecule has 3 rings (SSSR count). The first kappa shape index (κ1) is 12.8. The van der Waals surface area contributed by atoms with Gasteiger partial charge in [-0.15, -0.1) is 0 Å². The number of benzene rings is 1. The fraction of sp³-hybridized carbons (Fsp3) is 0.250. The van der Waals surface area contributed by atoms with Crippen LogP contribution in [0, 0.1) is 0 Å². The highest BCUT2D eigenvalue weighted by atomic mass is 16.3. The summed E-state index contributed by atoms with van der Waals surface area (Å²) in [4.78, 5) is 4.35. The number of hydrogen-bond acceptors (Lipinski definition) is 3.